The van der Waals surface area contributed by atoms with Gasteiger partial charge in [0.05, 0.1) is 5.75 Å². The summed E-state index contributed by atoms with van der Waals surface area (Å²) in [5.74, 6) is 1.90. The maximum Gasteiger partial charge on any atom is 0.277 e. The Kier molecular flexibility index (Phi) is 6.10. The van der Waals surface area contributed by atoms with Crippen molar-refractivity contribution in [3.8, 4) is 23.0 Å². The molecule has 0 spiro atoms. The average Bonchev–Trinajstić information content (AvgIpc) is 3.24. The van der Waals surface area contributed by atoms with E-state index >= 15 is 0 Å². The van der Waals surface area contributed by atoms with Gasteiger partial charge >= 0.3 is 0 Å². The van der Waals surface area contributed by atoms with E-state index in [1.54, 1.807) is 12.1 Å². The number of carbonyl (C=O) groups excluding carboxylic acids is 1. The minimum Gasteiger partial charge on any atom is -0.457 e. The van der Waals surface area contributed by atoms with E-state index in [1.165, 1.54) is 11.8 Å². The fraction of sp³-hybridized carbons (Fsp3) is 0.0870. The number of amides is 1. The van der Waals surface area contributed by atoms with Crippen LogP contribution in [0.15, 0.2) is 88.5 Å². The van der Waals surface area contributed by atoms with Crippen LogP contribution in [-0.2, 0) is 4.79 Å². The van der Waals surface area contributed by atoms with Crippen molar-refractivity contribution < 1.29 is 13.9 Å². The second-order valence-corrected chi connectivity index (χ2v) is 7.45. The summed E-state index contributed by atoms with van der Waals surface area (Å²) >= 11 is 1.20. The standard InChI is InChI=1S/C23H19N3O3S/c1-16-6-5-7-17(14-16)22-25-26-23(29-22)30-15-21(27)24-18-10-12-20(13-11-18)28-19-8-3-2-4-9-19/h2-14H,15H2,1H3,(H,24,27). The predicted octanol–water partition coefficient (Wildman–Crippen LogP) is 5.57. The molecule has 6 nitrogen and oxygen atoms in total. The summed E-state index contributed by atoms with van der Waals surface area (Å²) in [5.41, 5.74) is 2.66. The van der Waals surface area contributed by atoms with E-state index < -0.39 is 0 Å². The molecule has 0 atom stereocenters. The number of nitrogens with one attached hydrogen (secondary N) is 1. The van der Waals surface area contributed by atoms with E-state index in [2.05, 4.69) is 15.5 Å². The Labute approximate surface area is 178 Å². The monoisotopic (exact) mass is 417 g/mol. The number of nitrogens with zero attached hydrogens (tertiary/aromatic N) is 2. The van der Waals surface area contributed by atoms with Gasteiger partial charge in [0.25, 0.3) is 5.22 Å². The molecule has 0 aliphatic carbocycles. The highest BCUT2D eigenvalue weighted by Gasteiger charge is 2.11. The molecule has 0 saturated heterocycles. The van der Waals surface area contributed by atoms with Crippen molar-refractivity contribution in [1.82, 2.24) is 10.2 Å². The third-order valence-electron chi connectivity index (χ3n) is 4.12. The van der Waals surface area contributed by atoms with Crippen molar-refractivity contribution in [2.75, 3.05) is 11.1 Å². The van der Waals surface area contributed by atoms with E-state index in [0.29, 0.717) is 22.6 Å². The largest absolute Gasteiger partial charge is 0.457 e. The van der Waals surface area contributed by atoms with E-state index in [1.807, 2.05) is 73.7 Å². The van der Waals surface area contributed by atoms with Gasteiger partial charge < -0.3 is 14.5 Å². The zero-order chi connectivity index (χ0) is 20.8. The summed E-state index contributed by atoms with van der Waals surface area (Å²) in [6.45, 7) is 2.00. The molecule has 0 unspecified atom stereocenters. The quantitative estimate of drug-likeness (QED) is 0.396. The SMILES string of the molecule is Cc1cccc(-c2nnc(SCC(=O)Nc3ccc(Oc4ccccc4)cc3)o2)c1. The molecule has 0 bridgehead atoms. The Morgan fingerprint density at radius 1 is 0.967 bits per heavy atom. The number of ether oxygens (including phenoxy) is 1. The zero-order valence-corrected chi connectivity index (χ0v) is 17.1. The Balaban J connectivity index is 1.29. The first-order valence-electron chi connectivity index (χ1n) is 9.32. The number of hydrogen-bond acceptors (Lipinski definition) is 6. The average molecular weight is 417 g/mol. The third kappa shape index (κ3) is 5.27. The highest BCUT2D eigenvalue weighted by atomic mass is 32.2. The number of rotatable bonds is 7. The number of aryl methyl sites for hydroxylation is 1. The lowest BCUT2D eigenvalue weighted by molar-refractivity contribution is -0.113. The number of anilines is 1. The van der Waals surface area contributed by atoms with Crippen molar-refractivity contribution in [3.63, 3.8) is 0 Å². The Morgan fingerprint density at radius 2 is 1.73 bits per heavy atom. The maximum absolute atomic E-state index is 12.2. The summed E-state index contributed by atoms with van der Waals surface area (Å²) in [5, 5.41) is 11.3. The molecule has 1 N–H and O–H groups in total. The normalized spacial score (nSPS) is 10.6. The predicted molar refractivity (Wildman–Crippen MR) is 117 cm³/mol. The van der Waals surface area contributed by atoms with Gasteiger partial charge in [0.1, 0.15) is 11.5 Å². The van der Waals surface area contributed by atoms with E-state index in [0.717, 1.165) is 16.9 Å². The van der Waals surface area contributed by atoms with Gasteiger partial charge in [-0.15, -0.1) is 10.2 Å². The topological polar surface area (TPSA) is 77.2 Å². The number of benzene rings is 3. The number of aromatic nitrogens is 2. The lowest BCUT2D eigenvalue weighted by atomic mass is 10.1. The summed E-state index contributed by atoms with van der Waals surface area (Å²) in [7, 11) is 0. The fourth-order valence-corrected chi connectivity index (χ4v) is 3.28. The highest BCUT2D eigenvalue weighted by molar-refractivity contribution is 7.99. The molecule has 0 fully saturated rings. The smallest absolute Gasteiger partial charge is 0.277 e. The van der Waals surface area contributed by atoms with Gasteiger partial charge in [0.15, 0.2) is 0 Å². The van der Waals surface area contributed by atoms with Crippen LogP contribution in [0.2, 0.25) is 0 Å². The molecule has 150 valence electrons. The minimum atomic E-state index is -0.160. The molecule has 1 heterocycles. The molecule has 0 aliphatic heterocycles. The van der Waals surface area contributed by atoms with Crippen molar-refractivity contribution in [2.24, 2.45) is 0 Å². The summed E-state index contributed by atoms with van der Waals surface area (Å²) in [6, 6.07) is 24.5. The lowest BCUT2D eigenvalue weighted by Gasteiger charge is -2.07. The molecular weight excluding hydrogens is 398 g/mol. The van der Waals surface area contributed by atoms with Crippen LogP contribution in [0.4, 0.5) is 5.69 Å². The van der Waals surface area contributed by atoms with E-state index in [4.69, 9.17) is 9.15 Å². The first-order valence-corrected chi connectivity index (χ1v) is 10.3. The maximum atomic E-state index is 12.2. The van der Waals surface area contributed by atoms with Crippen LogP contribution in [0.3, 0.4) is 0 Å². The Morgan fingerprint density at radius 3 is 2.50 bits per heavy atom. The molecule has 4 rings (SSSR count). The number of thioether (sulfide) groups is 1. The molecule has 30 heavy (non-hydrogen) atoms. The number of carbonyl (C=O) groups is 1. The highest BCUT2D eigenvalue weighted by Crippen LogP contribution is 2.25. The first-order chi connectivity index (χ1) is 14.7. The first kappa shape index (κ1) is 19.7. The Hall–Kier alpha value is -3.58. The summed E-state index contributed by atoms with van der Waals surface area (Å²) < 4.78 is 11.4. The summed E-state index contributed by atoms with van der Waals surface area (Å²) in [4.78, 5) is 12.2. The molecule has 0 saturated carbocycles. The minimum absolute atomic E-state index is 0.160. The van der Waals surface area contributed by atoms with Crippen molar-refractivity contribution in [1.29, 1.82) is 0 Å². The molecule has 1 amide bonds. The second kappa shape index (κ2) is 9.28. The van der Waals surface area contributed by atoms with Gasteiger partial charge in [-0.1, -0.05) is 47.7 Å². The van der Waals surface area contributed by atoms with Crippen LogP contribution >= 0.6 is 11.8 Å². The van der Waals surface area contributed by atoms with Crippen LogP contribution in [0.1, 0.15) is 5.56 Å². The van der Waals surface area contributed by atoms with Gasteiger partial charge in [-0.2, -0.15) is 0 Å². The number of para-hydroxylation sites is 1. The second-order valence-electron chi connectivity index (χ2n) is 6.52. The molecule has 1 aromatic heterocycles. The van der Waals surface area contributed by atoms with Gasteiger partial charge in [-0.05, 0) is 55.5 Å². The van der Waals surface area contributed by atoms with Gasteiger partial charge in [-0.3, -0.25) is 4.79 Å². The third-order valence-corrected chi connectivity index (χ3v) is 4.93. The molecule has 0 radical (unpaired) electrons. The molecule has 3 aromatic carbocycles. The molecule has 7 heteroatoms. The van der Waals surface area contributed by atoms with E-state index in [9.17, 15) is 4.79 Å². The van der Waals surface area contributed by atoms with Crippen LogP contribution < -0.4 is 10.1 Å². The molecule has 4 aromatic rings. The number of hydrogen-bond donors (Lipinski definition) is 1. The van der Waals surface area contributed by atoms with E-state index in [-0.39, 0.29) is 11.7 Å². The van der Waals surface area contributed by atoms with Crippen LogP contribution in [0, 0.1) is 6.92 Å². The van der Waals surface area contributed by atoms with Crippen molar-refractivity contribution in [3.05, 3.63) is 84.4 Å². The molecular formula is C23H19N3O3S. The van der Waals surface area contributed by atoms with Gasteiger partial charge in [-0.25, -0.2) is 0 Å². The molecule has 0 aliphatic rings. The summed E-state index contributed by atoms with van der Waals surface area (Å²) in [6.07, 6.45) is 0. The van der Waals surface area contributed by atoms with Crippen molar-refractivity contribution >= 4 is 23.4 Å². The zero-order valence-electron chi connectivity index (χ0n) is 16.2. The lowest BCUT2D eigenvalue weighted by Crippen LogP contribution is -2.13. The Bertz CT molecular complexity index is 1130. The van der Waals surface area contributed by atoms with Crippen LogP contribution in [0.5, 0.6) is 11.5 Å². The van der Waals surface area contributed by atoms with Gasteiger partial charge in [0.2, 0.25) is 11.8 Å². The van der Waals surface area contributed by atoms with Crippen LogP contribution in [0.25, 0.3) is 11.5 Å². The fourth-order valence-electron chi connectivity index (χ4n) is 2.72. The van der Waals surface area contributed by atoms with Gasteiger partial charge in [0, 0.05) is 11.3 Å². The van der Waals surface area contributed by atoms with Crippen LogP contribution in [-0.4, -0.2) is 21.9 Å². The van der Waals surface area contributed by atoms with Crippen molar-refractivity contribution in [2.45, 2.75) is 12.1 Å².